The van der Waals surface area contributed by atoms with Gasteiger partial charge in [0.25, 0.3) is 0 Å². The van der Waals surface area contributed by atoms with Crippen LogP contribution in [0.2, 0.25) is 0 Å². The summed E-state index contributed by atoms with van der Waals surface area (Å²) >= 11 is 0. The molecule has 0 fully saturated rings. The van der Waals surface area contributed by atoms with Crippen LogP contribution in [-0.2, 0) is 6.42 Å². The van der Waals surface area contributed by atoms with Crippen LogP contribution in [0.4, 0.5) is 0 Å². The zero-order valence-corrected chi connectivity index (χ0v) is 9.51. The lowest BCUT2D eigenvalue weighted by molar-refractivity contribution is 0.379. The molecule has 0 spiro atoms. The van der Waals surface area contributed by atoms with Gasteiger partial charge in [-0.3, -0.25) is 0 Å². The van der Waals surface area contributed by atoms with Gasteiger partial charge >= 0.3 is 0 Å². The summed E-state index contributed by atoms with van der Waals surface area (Å²) in [5.74, 6) is 4.32. The number of methoxy groups -OCH3 is 1. The second kappa shape index (κ2) is 5.17. The average Bonchev–Trinajstić information content (AvgIpc) is 2.85. The van der Waals surface area contributed by atoms with Crippen molar-refractivity contribution in [3.05, 3.63) is 30.2 Å². The molecular formula is C13H12N2O2. The summed E-state index contributed by atoms with van der Waals surface area (Å²) in [6.45, 7) is 0. The summed E-state index contributed by atoms with van der Waals surface area (Å²) in [4.78, 5) is 4.27. The standard InChI is InChI=1S/C13H12N2O2/c1-3-4-9-12-14-13(15-17-12)10-7-5-6-8-11(10)16-2/h1,5-8H,4,9H2,2H3. The van der Waals surface area contributed by atoms with Crippen molar-refractivity contribution >= 4 is 0 Å². The maximum atomic E-state index is 5.24. The molecule has 0 atom stereocenters. The molecule has 4 heteroatoms. The zero-order valence-electron chi connectivity index (χ0n) is 9.51. The van der Waals surface area contributed by atoms with Gasteiger partial charge in [0.15, 0.2) is 0 Å². The van der Waals surface area contributed by atoms with Gasteiger partial charge in [-0.25, -0.2) is 0 Å². The lowest BCUT2D eigenvalue weighted by Gasteiger charge is -2.02. The first-order valence-electron chi connectivity index (χ1n) is 5.24. The minimum absolute atomic E-state index is 0.523. The van der Waals surface area contributed by atoms with Crippen LogP contribution in [0.1, 0.15) is 12.3 Å². The Hall–Kier alpha value is -2.28. The number of nitrogens with zero attached hydrogens (tertiary/aromatic N) is 2. The summed E-state index contributed by atoms with van der Waals surface area (Å²) in [5.41, 5.74) is 0.811. The van der Waals surface area contributed by atoms with E-state index < -0.39 is 0 Å². The summed E-state index contributed by atoms with van der Waals surface area (Å²) in [5, 5.41) is 3.91. The summed E-state index contributed by atoms with van der Waals surface area (Å²) in [7, 11) is 1.61. The van der Waals surface area contributed by atoms with Crippen LogP contribution in [0.25, 0.3) is 11.4 Å². The van der Waals surface area contributed by atoms with E-state index >= 15 is 0 Å². The molecule has 1 heterocycles. The summed E-state index contributed by atoms with van der Waals surface area (Å²) in [6.07, 6.45) is 6.37. The third kappa shape index (κ3) is 2.45. The lowest BCUT2D eigenvalue weighted by Crippen LogP contribution is -1.89. The van der Waals surface area contributed by atoms with E-state index in [1.165, 1.54) is 0 Å². The Morgan fingerprint density at radius 1 is 1.41 bits per heavy atom. The Bertz CT molecular complexity index is 540. The number of hydrogen-bond donors (Lipinski definition) is 0. The highest BCUT2D eigenvalue weighted by Gasteiger charge is 2.11. The molecular weight excluding hydrogens is 216 g/mol. The molecule has 0 aliphatic heterocycles. The second-order valence-corrected chi connectivity index (χ2v) is 3.42. The van der Waals surface area contributed by atoms with Gasteiger partial charge in [0.05, 0.1) is 12.7 Å². The maximum Gasteiger partial charge on any atom is 0.227 e. The molecule has 0 saturated heterocycles. The summed E-state index contributed by atoms with van der Waals surface area (Å²) in [6, 6.07) is 7.53. The fraction of sp³-hybridized carbons (Fsp3) is 0.231. The first kappa shape index (κ1) is 11.2. The van der Waals surface area contributed by atoms with Crippen molar-refractivity contribution < 1.29 is 9.26 Å². The molecule has 0 saturated carbocycles. The molecule has 1 aromatic carbocycles. The molecule has 2 rings (SSSR count). The van der Waals surface area contributed by atoms with Gasteiger partial charge < -0.3 is 9.26 Å². The van der Waals surface area contributed by atoms with E-state index in [0.29, 0.717) is 24.6 Å². The topological polar surface area (TPSA) is 48.2 Å². The van der Waals surface area contributed by atoms with Crippen molar-refractivity contribution in [1.29, 1.82) is 0 Å². The van der Waals surface area contributed by atoms with Crippen LogP contribution in [0.3, 0.4) is 0 Å². The van der Waals surface area contributed by atoms with E-state index in [9.17, 15) is 0 Å². The average molecular weight is 228 g/mol. The molecule has 0 amide bonds. The van der Waals surface area contributed by atoms with Gasteiger partial charge in [-0.1, -0.05) is 17.3 Å². The molecule has 0 unspecified atom stereocenters. The van der Waals surface area contributed by atoms with Gasteiger partial charge in [-0.05, 0) is 12.1 Å². The van der Waals surface area contributed by atoms with E-state index in [1.54, 1.807) is 7.11 Å². The predicted molar refractivity (Wildman–Crippen MR) is 63.4 cm³/mol. The van der Waals surface area contributed by atoms with E-state index in [-0.39, 0.29) is 0 Å². The van der Waals surface area contributed by atoms with Crippen molar-refractivity contribution in [2.75, 3.05) is 7.11 Å². The van der Waals surface area contributed by atoms with E-state index in [0.717, 1.165) is 11.3 Å². The van der Waals surface area contributed by atoms with Crippen LogP contribution >= 0.6 is 0 Å². The Morgan fingerprint density at radius 2 is 2.24 bits per heavy atom. The lowest BCUT2D eigenvalue weighted by atomic mass is 10.2. The van der Waals surface area contributed by atoms with Crippen molar-refractivity contribution in [3.63, 3.8) is 0 Å². The quantitative estimate of drug-likeness (QED) is 0.753. The number of para-hydroxylation sites is 1. The zero-order chi connectivity index (χ0) is 12.1. The molecule has 0 radical (unpaired) electrons. The molecule has 86 valence electrons. The third-order valence-corrected chi connectivity index (χ3v) is 2.30. The van der Waals surface area contributed by atoms with Crippen LogP contribution in [0.5, 0.6) is 5.75 Å². The van der Waals surface area contributed by atoms with Gasteiger partial charge in [-0.15, -0.1) is 12.3 Å². The molecule has 0 aliphatic rings. The number of rotatable bonds is 4. The van der Waals surface area contributed by atoms with Crippen molar-refractivity contribution in [1.82, 2.24) is 10.1 Å². The molecule has 0 N–H and O–H groups in total. The van der Waals surface area contributed by atoms with Crippen molar-refractivity contribution in [3.8, 4) is 29.5 Å². The van der Waals surface area contributed by atoms with E-state index in [4.69, 9.17) is 15.7 Å². The monoisotopic (exact) mass is 228 g/mol. The predicted octanol–water partition coefficient (Wildman–Crippen LogP) is 2.31. The number of ether oxygens (including phenoxy) is 1. The third-order valence-electron chi connectivity index (χ3n) is 2.30. The molecule has 17 heavy (non-hydrogen) atoms. The van der Waals surface area contributed by atoms with Gasteiger partial charge in [0, 0.05) is 12.8 Å². The van der Waals surface area contributed by atoms with Crippen molar-refractivity contribution in [2.24, 2.45) is 0 Å². The normalized spacial score (nSPS) is 9.88. The molecule has 4 nitrogen and oxygen atoms in total. The number of benzene rings is 1. The van der Waals surface area contributed by atoms with E-state index in [1.807, 2.05) is 24.3 Å². The van der Waals surface area contributed by atoms with Crippen LogP contribution in [-0.4, -0.2) is 17.3 Å². The molecule has 0 bridgehead atoms. The first-order chi connectivity index (χ1) is 8.35. The minimum Gasteiger partial charge on any atom is -0.496 e. The highest BCUT2D eigenvalue weighted by molar-refractivity contribution is 5.63. The molecule has 0 aliphatic carbocycles. The Balaban J connectivity index is 2.28. The number of aryl methyl sites for hydroxylation is 1. The number of hydrogen-bond acceptors (Lipinski definition) is 4. The minimum atomic E-state index is 0.523. The fourth-order valence-electron chi connectivity index (χ4n) is 1.47. The van der Waals surface area contributed by atoms with Crippen LogP contribution in [0, 0.1) is 12.3 Å². The largest absolute Gasteiger partial charge is 0.496 e. The van der Waals surface area contributed by atoms with Crippen LogP contribution < -0.4 is 4.74 Å². The number of aromatic nitrogens is 2. The second-order valence-electron chi connectivity index (χ2n) is 3.42. The maximum absolute atomic E-state index is 5.24. The van der Waals surface area contributed by atoms with Gasteiger partial charge in [0.1, 0.15) is 5.75 Å². The summed E-state index contributed by atoms with van der Waals surface area (Å²) < 4.78 is 10.3. The SMILES string of the molecule is C#CCCc1nc(-c2ccccc2OC)no1. The number of terminal acetylenes is 1. The fourth-order valence-corrected chi connectivity index (χ4v) is 1.47. The first-order valence-corrected chi connectivity index (χ1v) is 5.24. The van der Waals surface area contributed by atoms with Crippen molar-refractivity contribution in [2.45, 2.75) is 12.8 Å². The van der Waals surface area contributed by atoms with Crippen LogP contribution in [0.15, 0.2) is 28.8 Å². The van der Waals surface area contributed by atoms with Gasteiger partial charge in [0.2, 0.25) is 11.7 Å². The highest BCUT2D eigenvalue weighted by atomic mass is 16.5. The Labute approximate surface area is 99.6 Å². The smallest absolute Gasteiger partial charge is 0.227 e. The Morgan fingerprint density at radius 3 is 3.00 bits per heavy atom. The molecule has 1 aromatic heterocycles. The van der Waals surface area contributed by atoms with E-state index in [2.05, 4.69) is 16.1 Å². The van der Waals surface area contributed by atoms with Gasteiger partial charge in [-0.2, -0.15) is 4.98 Å². The molecule has 2 aromatic rings. The highest BCUT2D eigenvalue weighted by Crippen LogP contribution is 2.27. The Kier molecular flexibility index (Phi) is 3.41.